The van der Waals surface area contributed by atoms with Crippen molar-refractivity contribution in [1.82, 2.24) is 5.32 Å². The van der Waals surface area contributed by atoms with Crippen molar-refractivity contribution < 1.29 is 32.9 Å². The van der Waals surface area contributed by atoms with Crippen molar-refractivity contribution in [1.29, 1.82) is 0 Å². The minimum Gasteiger partial charge on any atom is -0.387 e. The van der Waals surface area contributed by atoms with Crippen molar-refractivity contribution in [3.05, 3.63) is 24.3 Å². The van der Waals surface area contributed by atoms with Crippen molar-refractivity contribution in [2.24, 2.45) is 0 Å². The van der Waals surface area contributed by atoms with Crippen LogP contribution in [0.3, 0.4) is 0 Å². The SMILES string of the molecule is CCCCCCCCCCCCC/C=C\CCCCCCCCCC(=O)NC(COP(=O)(O)OCC[N+](C)(C)C)C(O)/C=C/CCCCCCCCCCCCCCCCCCCCCCCCC. The van der Waals surface area contributed by atoms with Gasteiger partial charge in [0.1, 0.15) is 13.2 Å². The van der Waals surface area contributed by atoms with Gasteiger partial charge in [-0.05, 0) is 44.9 Å². The standard InChI is InChI=1S/C60H119N2O6P/c1-6-8-10-12-14-16-18-20-22-24-26-28-30-31-32-33-35-37-39-41-43-45-47-49-51-53-59(63)58(57-68-69(65,66)67-56-55-62(3,4)5)61-60(64)54-52-50-48-46-44-42-40-38-36-34-29-27-25-23-21-19-17-15-13-11-9-7-2/h34,36,51,53,58-59,63H,6-33,35,37-50,52,54-57H2,1-5H3,(H-,61,64,65,66)/p+1/b36-34-,53-51+. The van der Waals surface area contributed by atoms with E-state index >= 15 is 0 Å². The molecule has 0 aromatic rings. The number of carbonyl (C=O) groups is 1. The second-order valence-corrected chi connectivity index (χ2v) is 23.5. The highest BCUT2D eigenvalue weighted by atomic mass is 31.2. The van der Waals surface area contributed by atoms with Crippen molar-refractivity contribution in [2.75, 3.05) is 40.9 Å². The first-order valence-electron chi connectivity index (χ1n) is 30.2. The third-order valence-corrected chi connectivity index (χ3v) is 14.9. The number of hydrogen-bond donors (Lipinski definition) is 3. The Morgan fingerprint density at radius 1 is 0.478 bits per heavy atom. The van der Waals surface area contributed by atoms with E-state index in [4.69, 9.17) is 9.05 Å². The third-order valence-electron chi connectivity index (χ3n) is 13.9. The quantitative estimate of drug-likeness (QED) is 0.0243. The van der Waals surface area contributed by atoms with E-state index in [1.807, 2.05) is 27.2 Å². The number of phosphoric acid groups is 1. The van der Waals surface area contributed by atoms with E-state index in [2.05, 4.69) is 31.3 Å². The molecule has 1 amide bonds. The third kappa shape index (κ3) is 54.6. The molecule has 0 saturated heterocycles. The van der Waals surface area contributed by atoms with E-state index < -0.39 is 20.0 Å². The van der Waals surface area contributed by atoms with Crippen molar-refractivity contribution in [3.8, 4) is 0 Å². The van der Waals surface area contributed by atoms with Crippen LogP contribution in [0.1, 0.15) is 303 Å². The number of aliphatic hydroxyl groups excluding tert-OH is 1. The predicted octanol–water partition coefficient (Wildman–Crippen LogP) is 18.4. The first-order chi connectivity index (χ1) is 33.5. The number of allylic oxidation sites excluding steroid dienone is 3. The van der Waals surface area contributed by atoms with Gasteiger partial charge in [-0.2, -0.15) is 0 Å². The van der Waals surface area contributed by atoms with E-state index in [-0.39, 0.29) is 19.1 Å². The summed E-state index contributed by atoms with van der Waals surface area (Å²) in [4.78, 5) is 23.3. The zero-order chi connectivity index (χ0) is 50.6. The van der Waals surface area contributed by atoms with Crippen LogP contribution in [0.15, 0.2) is 24.3 Å². The highest BCUT2D eigenvalue weighted by Gasteiger charge is 2.27. The van der Waals surface area contributed by atoms with E-state index in [1.54, 1.807) is 6.08 Å². The Kier molecular flexibility index (Phi) is 51.1. The van der Waals surface area contributed by atoms with Gasteiger partial charge in [0.2, 0.25) is 5.91 Å². The molecule has 0 bridgehead atoms. The van der Waals surface area contributed by atoms with Gasteiger partial charge >= 0.3 is 7.82 Å². The molecule has 0 radical (unpaired) electrons. The summed E-state index contributed by atoms with van der Waals surface area (Å²) < 4.78 is 23.7. The molecule has 0 saturated carbocycles. The minimum atomic E-state index is -4.35. The molecule has 8 nitrogen and oxygen atoms in total. The summed E-state index contributed by atoms with van der Waals surface area (Å²) >= 11 is 0. The molecule has 410 valence electrons. The molecular formula is C60H120N2O6P+. The number of carbonyl (C=O) groups excluding carboxylic acids is 1. The van der Waals surface area contributed by atoms with Crippen LogP contribution in [-0.2, 0) is 18.4 Å². The summed E-state index contributed by atoms with van der Waals surface area (Å²) in [5.74, 6) is -0.176. The van der Waals surface area contributed by atoms with E-state index in [9.17, 15) is 19.4 Å². The summed E-state index contributed by atoms with van der Waals surface area (Å²) in [7, 11) is 1.58. The van der Waals surface area contributed by atoms with Crippen LogP contribution in [-0.4, -0.2) is 73.4 Å². The zero-order valence-corrected chi connectivity index (χ0v) is 47.7. The van der Waals surface area contributed by atoms with Crippen LogP contribution in [0, 0.1) is 0 Å². The van der Waals surface area contributed by atoms with Crippen molar-refractivity contribution in [2.45, 2.75) is 315 Å². The number of likely N-dealkylation sites (N-methyl/N-ethyl adjacent to an activating group) is 1. The van der Waals surface area contributed by atoms with Crippen LogP contribution in [0.5, 0.6) is 0 Å². The molecule has 3 atom stereocenters. The maximum atomic E-state index is 13.0. The van der Waals surface area contributed by atoms with Crippen LogP contribution in [0.2, 0.25) is 0 Å². The lowest BCUT2D eigenvalue weighted by Crippen LogP contribution is -2.45. The first-order valence-corrected chi connectivity index (χ1v) is 31.7. The number of nitrogens with one attached hydrogen (secondary N) is 1. The Hall–Kier alpha value is -1.02. The lowest BCUT2D eigenvalue weighted by molar-refractivity contribution is -0.870. The average molecular weight is 997 g/mol. The summed E-state index contributed by atoms with van der Waals surface area (Å²) in [6.07, 6.45) is 65.7. The van der Waals surface area contributed by atoms with Gasteiger partial charge in [0.15, 0.2) is 0 Å². The molecule has 0 rings (SSSR count). The number of aliphatic hydroxyl groups is 1. The average Bonchev–Trinajstić information content (AvgIpc) is 3.31. The number of amides is 1. The van der Waals surface area contributed by atoms with Gasteiger partial charge < -0.3 is 19.8 Å². The van der Waals surface area contributed by atoms with E-state index in [0.29, 0.717) is 17.4 Å². The maximum Gasteiger partial charge on any atom is 0.472 e. The molecule has 9 heteroatoms. The number of quaternary nitrogens is 1. The Labute approximate surface area is 430 Å². The summed E-state index contributed by atoms with van der Waals surface area (Å²) in [6, 6.07) is -0.848. The molecule has 0 aromatic carbocycles. The minimum absolute atomic E-state index is 0.0624. The molecule has 0 heterocycles. The second kappa shape index (κ2) is 51.9. The lowest BCUT2D eigenvalue weighted by Gasteiger charge is -2.25. The number of unbranched alkanes of at least 4 members (excludes halogenated alkanes) is 41. The number of nitrogens with zero attached hydrogens (tertiary/aromatic N) is 1. The largest absolute Gasteiger partial charge is 0.472 e. The Balaban J connectivity index is 4.18. The molecule has 3 unspecified atom stereocenters. The summed E-state index contributed by atoms with van der Waals surface area (Å²) in [5, 5.41) is 14.0. The number of rotatable bonds is 56. The van der Waals surface area contributed by atoms with Gasteiger partial charge in [0, 0.05) is 6.42 Å². The molecule has 0 spiro atoms. The molecular weight excluding hydrogens is 876 g/mol. The Morgan fingerprint density at radius 2 is 0.783 bits per heavy atom. The zero-order valence-electron chi connectivity index (χ0n) is 46.8. The van der Waals surface area contributed by atoms with Gasteiger partial charge in [-0.25, -0.2) is 4.57 Å². The fourth-order valence-electron chi connectivity index (χ4n) is 9.16. The molecule has 0 aliphatic rings. The normalized spacial score (nSPS) is 14.0. The summed E-state index contributed by atoms with van der Waals surface area (Å²) in [5.41, 5.74) is 0. The van der Waals surface area contributed by atoms with Crippen LogP contribution >= 0.6 is 7.82 Å². The van der Waals surface area contributed by atoms with E-state index in [0.717, 1.165) is 38.5 Å². The van der Waals surface area contributed by atoms with Gasteiger partial charge in [-0.1, -0.05) is 276 Å². The van der Waals surface area contributed by atoms with Gasteiger partial charge in [-0.15, -0.1) is 0 Å². The molecule has 0 fully saturated rings. The van der Waals surface area contributed by atoms with Gasteiger partial charge in [0.25, 0.3) is 0 Å². The van der Waals surface area contributed by atoms with Gasteiger partial charge in [-0.3, -0.25) is 13.8 Å². The predicted molar refractivity (Wildman–Crippen MR) is 300 cm³/mol. The smallest absolute Gasteiger partial charge is 0.387 e. The van der Waals surface area contributed by atoms with Crippen LogP contribution in [0.25, 0.3) is 0 Å². The summed E-state index contributed by atoms with van der Waals surface area (Å²) in [6.45, 7) is 4.86. The molecule has 69 heavy (non-hydrogen) atoms. The van der Waals surface area contributed by atoms with Crippen molar-refractivity contribution in [3.63, 3.8) is 0 Å². The maximum absolute atomic E-state index is 13.0. The van der Waals surface area contributed by atoms with Crippen LogP contribution in [0.4, 0.5) is 0 Å². The Morgan fingerprint density at radius 3 is 1.12 bits per heavy atom. The highest BCUT2D eigenvalue weighted by Crippen LogP contribution is 2.43. The van der Waals surface area contributed by atoms with E-state index in [1.165, 1.54) is 244 Å². The fourth-order valence-corrected chi connectivity index (χ4v) is 9.89. The molecule has 0 aliphatic carbocycles. The monoisotopic (exact) mass is 996 g/mol. The Bertz CT molecular complexity index is 1170. The highest BCUT2D eigenvalue weighted by molar-refractivity contribution is 7.47. The van der Waals surface area contributed by atoms with Crippen LogP contribution < -0.4 is 5.32 Å². The lowest BCUT2D eigenvalue weighted by atomic mass is 10.0. The fraction of sp³-hybridized carbons (Fsp3) is 0.917. The van der Waals surface area contributed by atoms with Crippen molar-refractivity contribution >= 4 is 13.7 Å². The van der Waals surface area contributed by atoms with Gasteiger partial charge in [0.05, 0.1) is 39.9 Å². The topological polar surface area (TPSA) is 105 Å². The molecule has 3 N–H and O–H groups in total. The second-order valence-electron chi connectivity index (χ2n) is 22.1. The number of hydrogen-bond acceptors (Lipinski definition) is 5. The number of phosphoric ester groups is 1. The first kappa shape index (κ1) is 68.0. The molecule has 0 aliphatic heterocycles. The molecule has 0 aromatic heterocycles.